The number of carbonyl (C=O) groups is 3. The van der Waals surface area contributed by atoms with Crippen molar-refractivity contribution in [1.29, 1.82) is 0 Å². The lowest BCUT2D eigenvalue weighted by molar-refractivity contribution is -0.180. The normalized spacial score (nSPS) is 19.8. The largest absolute Gasteiger partial charge is 0.493 e. The number of H-pyrrole nitrogens is 1. The summed E-state index contributed by atoms with van der Waals surface area (Å²) in [5.74, 6) is -0.0747. The van der Waals surface area contributed by atoms with E-state index < -0.39 is 29.1 Å². The van der Waals surface area contributed by atoms with Crippen LogP contribution in [0, 0.1) is 20.8 Å². The number of ketones is 1. The second-order valence-electron chi connectivity index (χ2n) is 20.0. The number of esters is 1. The number of aliphatic hydroxyl groups is 1. The molecule has 4 atom stereocenters. The first-order chi connectivity index (χ1) is 36.8. The molecular formula is C57H74N8O11. The third-order valence-electron chi connectivity index (χ3n) is 15.1. The van der Waals surface area contributed by atoms with Crippen molar-refractivity contribution in [2.75, 3.05) is 71.1 Å². The number of carbonyl (C=O) groups excluding carboxylic acids is 2. The Morgan fingerprint density at radius 2 is 1.66 bits per heavy atom. The Balaban J connectivity index is 0.657. The summed E-state index contributed by atoms with van der Waals surface area (Å²) in [5.41, 5.74) is 4.69. The van der Waals surface area contributed by atoms with Crippen molar-refractivity contribution in [2.24, 2.45) is 0 Å². The average Bonchev–Trinajstić information content (AvgIpc) is 4.18. The van der Waals surface area contributed by atoms with Gasteiger partial charge in [-0.2, -0.15) is 5.10 Å². The zero-order valence-electron chi connectivity index (χ0n) is 44.4. The van der Waals surface area contributed by atoms with Gasteiger partial charge in [0.15, 0.2) is 23.4 Å². The first kappa shape index (κ1) is 55.6. The predicted octanol–water partition coefficient (Wildman–Crippen LogP) is 7.10. The molecule has 2 fully saturated rings. The third kappa shape index (κ3) is 12.9. The zero-order chi connectivity index (χ0) is 53.7. The molecule has 3 aromatic carbocycles. The van der Waals surface area contributed by atoms with E-state index in [0.717, 1.165) is 85.5 Å². The Labute approximate surface area is 444 Å². The summed E-state index contributed by atoms with van der Waals surface area (Å²) in [6, 6.07) is 15.1. The molecule has 76 heavy (non-hydrogen) atoms. The molecule has 0 radical (unpaired) electrons. The van der Waals surface area contributed by atoms with Gasteiger partial charge < -0.3 is 49.3 Å². The number of aromatic nitrogens is 5. The number of rotatable bonds is 30. The molecule has 19 nitrogen and oxygen atoms in total. The first-order valence-corrected chi connectivity index (χ1v) is 26.7. The number of carboxylic acid groups (broad SMARTS) is 1. The van der Waals surface area contributed by atoms with Crippen molar-refractivity contribution in [3.8, 4) is 23.0 Å². The van der Waals surface area contributed by atoms with Gasteiger partial charge in [-0.25, -0.2) is 14.3 Å². The molecule has 1 spiro atoms. The summed E-state index contributed by atoms with van der Waals surface area (Å²) in [5, 5.41) is 44.6. The number of anilines is 1. The number of ether oxygens (including phenoxy) is 6. The number of nitrogens with zero attached hydrogens (tertiary/aromatic N) is 5. The lowest BCUT2D eigenvalue weighted by atomic mass is 9.52. The standard InChI is InChI=1S/C57H74N8O11/c1-6-24-64-25-21-56-51-38(2)13-18-50(52(51)76-53(56)49(66)19-20-57(56,70)41(64)5)75-55(69)42-14-16-44(17-15-42)59-36-45-37-65(63-62-45)26-30-72-32-31-71-29-23-58-22-9-7-8-10-27-73-46-33-43(54(67)68)34-47(35-46)74-28-11-12-48-39(3)60-61-40(48)4/h6,13-18,33-35,37,41,53,58-59,70H,1,7-12,19-32,36H2,2-5H3,(H,60,61)(H,67,68)/t41?,53-,56-,57?/m0/s1. The number of carboxylic acids is 1. The molecule has 5 aromatic rings. The maximum atomic E-state index is 13.5. The highest BCUT2D eigenvalue weighted by atomic mass is 16.6. The molecule has 2 aliphatic heterocycles. The van der Waals surface area contributed by atoms with E-state index in [2.05, 4.69) is 42.6 Å². The van der Waals surface area contributed by atoms with Crippen LogP contribution in [0.25, 0.3) is 0 Å². The molecule has 1 aliphatic carbocycles. The van der Waals surface area contributed by atoms with E-state index in [-0.39, 0.29) is 29.6 Å². The molecule has 0 bridgehead atoms. The number of aromatic carboxylic acids is 1. The van der Waals surface area contributed by atoms with Gasteiger partial charge in [-0.3, -0.25) is 14.8 Å². The van der Waals surface area contributed by atoms with Crippen LogP contribution in [0.1, 0.15) is 113 Å². The second kappa shape index (κ2) is 25.9. The number of unbranched alkanes of at least 4 members (excludes halogenated alkanes) is 3. The SMILES string of the molecule is C=CCN1CC[C@]23c4c(C)ccc(OC(=O)c5ccc(NCc6cn(CCOCCOCCNCCCCCCOc7cc(OCCCc8c(C)n[nH]c8C)cc(C(=O)O)c7)nn6)cc5)c4O[C@H]2C(=O)CCC3(O)C1C. The van der Waals surface area contributed by atoms with E-state index in [1.165, 1.54) is 17.7 Å². The van der Waals surface area contributed by atoms with Gasteiger partial charge in [-0.15, -0.1) is 11.7 Å². The number of nitrogens with one attached hydrogen (secondary N) is 3. The second-order valence-corrected chi connectivity index (χ2v) is 20.0. The topological polar surface area (TPSA) is 234 Å². The van der Waals surface area contributed by atoms with E-state index in [1.807, 2.05) is 46.0 Å². The number of hydrogen-bond donors (Lipinski definition) is 5. The fourth-order valence-electron chi connectivity index (χ4n) is 11.0. The highest BCUT2D eigenvalue weighted by molar-refractivity contribution is 5.93. The number of piperidine rings is 1. The maximum absolute atomic E-state index is 13.5. The quantitative estimate of drug-likeness (QED) is 0.0134. The predicted molar refractivity (Wildman–Crippen MR) is 285 cm³/mol. The van der Waals surface area contributed by atoms with Crippen LogP contribution in [0.15, 0.2) is 73.4 Å². The molecule has 19 heteroatoms. The van der Waals surface area contributed by atoms with Gasteiger partial charge >= 0.3 is 11.9 Å². The summed E-state index contributed by atoms with van der Waals surface area (Å²) in [6.07, 6.45) is 9.44. The van der Waals surface area contributed by atoms with Crippen LogP contribution in [0.3, 0.4) is 0 Å². The van der Waals surface area contributed by atoms with Crippen LogP contribution in [0.4, 0.5) is 5.69 Å². The lowest BCUT2D eigenvalue weighted by Gasteiger charge is -2.59. The Hall–Kier alpha value is -6.64. The molecule has 2 aromatic heterocycles. The smallest absolute Gasteiger partial charge is 0.343 e. The van der Waals surface area contributed by atoms with Gasteiger partial charge in [-0.1, -0.05) is 30.2 Å². The molecule has 5 N–H and O–H groups in total. The van der Waals surface area contributed by atoms with Gasteiger partial charge in [0.25, 0.3) is 0 Å². The van der Waals surface area contributed by atoms with Crippen molar-refractivity contribution in [3.63, 3.8) is 0 Å². The minimum atomic E-state index is -1.23. The molecule has 4 heterocycles. The van der Waals surface area contributed by atoms with Crippen LogP contribution in [0.5, 0.6) is 23.0 Å². The summed E-state index contributed by atoms with van der Waals surface area (Å²) in [4.78, 5) is 40.9. The zero-order valence-corrected chi connectivity index (χ0v) is 44.4. The number of likely N-dealkylation sites (tertiary alicyclic amines) is 1. The Kier molecular flexibility index (Phi) is 19.0. The van der Waals surface area contributed by atoms with Crippen molar-refractivity contribution >= 4 is 23.4 Å². The van der Waals surface area contributed by atoms with Crippen LogP contribution in [-0.4, -0.2) is 142 Å². The van der Waals surface area contributed by atoms with Gasteiger partial charge in [0, 0.05) is 48.6 Å². The van der Waals surface area contributed by atoms with Gasteiger partial charge in [0.05, 0.1) is 86.8 Å². The third-order valence-corrected chi connectivity index (χ3v) is 15.1. The molecule has 2 unspecified atom stereocenters. The van der Waals surface area contributed by atoms with Crippen molar-refractivity contribution in [3.05, 3.63) is 118 Å². The molecule has 8 rings (SSSR count). The van der Waals surface area contributed by atoms with Gasteiger partial charge in [0.1, 0.15) is 17.2 Å². The number of Topliss-reactive ketones (excluding diaryl/α,β-unsaturated/α-hetero) is 1. The van der Waals surface area contributed by atoms with Crippen LogP contribution in [0.2, 0.25) is 0 Å². The van der Waals surface area contributed by atoms with Gasteiger partial charge in [-0.05, 0) is 133 Å². The fourth-order valence-corrected chi connectivity index (χ4v) is 11.0. The molecule has 408 valence electrons. The highest BCUT2D eigenvalue weighted by Crippen LogP contribution is 2.62. The monoisotopic (exact) mass is 1050 g/mol. The van der Waals surface area contributed by atoms with Crippen LogP contribution in [-0.2, 0) is 39.2 Å². The fraction of sp³-hybridized carbons (Fsp3) is 0.509. The summed E-state index contributed by atoms with van der Waals surface area (Å²) >= 11 is 0. The Morgan fingerprint density at radius 1 is 0.908 bits per heavy atom. The van der Waals surface area contributed by atoms with E-state index in [4.69, 9.17) is 28.4 Å². The number of aromatic amines is 1. The number of benzene rings is 3. The number of aryl methyl sites for hydroxylation is 3. The molecular weight excluding hydrogens is 973 g/mol. The van der Waals surface area contributed by atoms with Crippen LogP contribution < -0.4 is 29.6 Å². The van der Waals surface area contributed by atoms with Crippen molar-refractivity contribution in [1.82, 2.24) is 35.4 Å². The summed E-state index contributed by atoms with van der Waals surface area (Å²) in [7, 11) is 0. The minimum absolute atomic E-state index is 0.0487. The highest BCUT2D eigenvalue weighted by Gasteiger charge is 2.70. The van der Waals surface area contributed by atoms with E-state index in [1.54, 1.807) is 41.1 Å². The van der Waals surface area contributed by atoms with E-state index in [0.29, 0.717) is 101 Å². The van der Waals surface area contributed by atoms with Crippen LogP contribution >= 0.6 is 0 Å². The summed E-state index contributed by atoms with van der Waals surface area (Å²) < 4.78 is 37.4. The first-order valence-electron chi connectivity index (χ1n) is 26.7. The van der Waals surface area contributed by atoms with Crippen molar-refractivity contribution in [2.45, 2.75) is 122 Å². The summed E-state index contributed by atoms with van der Waals surface area (Å²) in [6.45, 7) is 18.7. The lowest BCUT2D eigenvalue weighted by Crippen LogP contribution is -2.73. The Morgan fingerprint density at radius 3 is 2.39 bits per heavy atom. The number of fused-ring (bicyclic) bond motifs is 1. The van der Waals surface area contributed by atoms with E-state index >= 15 is 0 Å². The van der Waals surface area contributed by atoms with E-state index in [9.17, 15) is 24.6 Å². The van der Waals surface area contributed by atoms with Gasteiger partial charge in [0.2, 0.25) is 0 Å². The minimum Gasteiger partial charge on any atom is -0.493 e. The molecule has 1 saturated carbocycles. The molecule has 0 amide bonds. The Bertz CT molecular complexity index is 2760. The number of hydrogen-bond acceptors (Lipinski definition) is 16. The average molecular weight is 1050 g/mol. The maximum Gasteiger partial charge on any atom is 0.343 e. The molecule has 3 aliphatic rings. The van der Waals surface area contributed by atoms with Crippen molar-refractivity contribution < 1.29 is 53.0 Å². The molecule has 1 saturated heterocycles.